The molecule has 0 N–H and O–H groups in total. The zero-order chi connectivity index (χ0) is 16.8. The van der Waals surface area contributed by atoms with E-state index in [1.165, 1.54) is 25.7 Å². The van der Waals surface area contributed by atoms with Crippen LogP contribution in [0, 0.1) is 5.92 Å². The van der Waals surface area contributed by atoms with Crippen LogP contribution in [0.3, 0.4) is 0 Å². The lowest BCUT2D eigenvalue weighted by Gasteiger charge is -2.35. The van der Waals surface area contributed by atoms with Crippen molar-refractivity contribution >= 4 is 16.7 Å². The van der Waals surface area contributed by atoms with Crippen LogP contribution < -0.4 is 0 Å². The molecule has 1 saturated heterocycles. The molecule has 1 aromatic rings. The summed E-state index contributed by atoms with van der Waals surface area (Å²) in [5.74, 6) is 1.64. The number of amides is 1. The SMILES string of the molecule is O=C(CC1CCCC1)N1CCN(CC[S@](=O)c2ccccc2)CC1. The Hall–Kier alpha value is -1.20. The third-order valence-corrected chi connectivity index (χ3v) is 6.61. The molecule has 5 heteroatoms. The van der Waals surface area contributed by atoms with Crippen molar-refractivity contribution in [3.05, 3.63) is 30.3 Å². The van der Waals surface area contributed by atoms with Gasteiger partial charge in [0.15, 0.2) is 0 Å². The number of benzene rings is 1. The van der Waals surface area contributed by atoms with Crippen LogP contribution in [0.2, 0.25) is 0 Å². The Kier molecular flexibility index (Phi) is 6.44. The Bertz CT molecular complexity index is 550. The molecular weight excluding hydrogens is 320 g/mol. The average Bonchev–Trinajstić information content (AvgIpc) is 3.14. The van der Waals surface area contributed by atoms with E-state index in [1.54, 1.807) is 0 Å². The molecule has 2 aliphatic rings. The van der Waals surface area contributed by atoms with Crippen LogP contribution in [-0.4, -0.2) is 58.4 Å². The van der Waals surface area contributed by atoms with Gasteiger partial charge < -0.3 is 4.90 Å². The van der Waals surface area contributed by atoms with E-state index < -0.39 is 10.8 Å². The van der Waals surface area contributed by atoms with E-state index in [4.69, 9.17) is 0 Å². The lowest BCUT2D eigenvalue weighted by molar-refractivity contribution is -0.133. The molecule has 0 spiro atoms. The second-order valence-electron chi connectivity index (χ2n) is 6.94. The first-order valence-electron chi connectivity index (χ1n) is 9.16. The van der Waals surface area contributed by atoms with Gasteiger partial charge in [-0.15, -0.1) is 0 Å². The summed E-state index contributed by atoms with van der Waals surface area (Å²) in [6, 6.07) is 9.66. The molecule has 2 fully saturated rings. The van der Waals surface area contributed by atoms with Crippen LogP contribution in [0.25, 0.3) is 0 Å². The Morgan fingerprint density at radius 1 is 1.04 bits per heavy atom. The van der Waals surface area contributed by atoms with E-state index in [1.807, 2.05) is 35.2 Å². The molecule has 1 aliphatic heterocycles. The van der Waals surface area contributed by atoms with Gasteiger partial charge >= 0.3 is 0 Å². The highest BCUT2D eigenvalue weighted by Crippen LogP contribution is 2.28. The van der Waals surface area contributed by atoms with Crippen molar-refractivity contribution in [2.24, 2.45) is 5.92 Å². The van der Waals surface area contributed by atoms with Crippen LogP contribution in [0.5, 0.6) is 0 Å². The molecule has 1 heterocycles. The third-order valence-electron chi connectivity index (χ3n) is 5.26. The monoisotopic (exact) mass is 348 g/mol. The summed E-state index contributed by atoms with van der Waals surface area (Å²) in [6.07, 6.45) is 5.81. The van der Waals surface area contributed by atoms with Crippen molar-refractivity contribution < 1.29 is 9.00 Å². The van der Waals surface area contributed by atoms with Gasteiger partial charge in [0.25, 0.3) is 0 Å². The van der Waals surface area contributed by atoms with Crippen LogP contribution >= 0.6 is 0 Å². The molecule has 1 amide bonds. The maximum absolute atomic E-state index is 12.4. The lowest BCUT2D eigenvalue weighted by atomic mass is 10.0. The van der Waals surface area contributed by atoms with E-state index >= 15 is 0 Å². The summed E-state index contributed by atoms with van der Waals surface area (Å²) in [5.41, 5.74) is 0. The summed E-state index contributed by atoms with van der Waals surface area (Å²) >= 11 is 0. The average molecular weight is 349 g/mol. The zero-order valence-electron chi connectivity index (χ0n) is 14.4. The van der Waals surface area contributed by atoms with Crippen LogP contribution in [0.1, 0.15) is 32.1 Å². The summed E-state index contributed by atoms with van der Waals surface area (Å²) in [4.78, 5) is 17.6. The van der Waals surface area contributed by atoms with Crippen molar-refractivity contribution in [1.82, 2.24) is 9.80 Å². The molecule has 1 saturated carbocycles. The first kappa shape index (κ1) is 17.6. The predicted molar refractivity (Wildman–Crippen MR) is 97.3 cm³/mol. The van der Waals surface area contributed by atoms with E-state index in [-0.39, 0.29) is 0 Å². The fourth-order valence-electron chi connectivity index (χ4n) is 3.71. The van der Waals surface area contributed by atoms with Crippen LogP contribution in [0.4, 0.5) is 0 Å². The van der Waals surface area contributed by atoms with Gasteiger partial charge in [0, 0.05) is 49.8 Å². The summed E-state index contributed by atoms with van der Waals surface area (Å²) in [6.45, 7) is 4.30. The molecule has 1 aliphatic carbocycles. The summed E-state index contributed by atoms with van der Waals surface area (Å²) in [7, 11) is -0.928. The van der Waals surface area contributed by atoms with Gasteiger partial charge in [-0.2, -0.15) is 0 Å². The minimum absolute atomic E-state index is 0.342. The Balaban J connectivity index is 1.37. The standard InChI is InChI=1S/C19H28N2O2S/c22-19(16-17-6-4-5-7-17)21-12-10-20(11-13-21)14-15-24(23)18-8-2-1-3-9-18/h1-3,8-9,17H,4-7,10-16H2/t24-/m0/s1. The van der Waals surface area contributed by atoms with Crippen LogP contribution in [-0.2, 0) is 15.6 Å². The van der Waals surface area contributed by atoms with Crippen LogP contribution in [0.15, 0.2) is 35.2 Å². The largest absolute Gasteiger partial charge is 0.340 e. The third kappa shape index (κ3) is 4.90. The first-order valence-corrected chi connectivity index (χ1v) is 10.5. The molecule has 1 aromatic carbocycles. The smallest absolute Gasteiger partial charge is 0.222 e. The van der Waals surface area contributed by atoms with Crippen molar-refractivity contribution in [2.75, 3.05) is 38.5 Å². The first-order chi connectivity index (χ1) is 11.7. The lowest BCUT2D eigenvalue weighted by Crippen LogP contribution is -2.49. The molecule has 4 nitrogen and oxygen atoms in total. The van der Waals surface area contributed by atoms with E-state index in [2.05, 4.69) is 4.90 Å². The second kappa shape index (κ2) is 8.77. The van der Waals surface area contributed by atoms with Crippen molar-refractivity contribution in [3.63, 3.8) is 0 Å². The second-order valence-corrected chi connectivity index (χ2v) is 8.51. The minimum atomic E-state index is -0.928. The highest BCUT2D eigenvalue weighted by molar-refractivity contribution is 7.85. The van der Waals surface area contributed by atoms with Crippen molar-refractivity contribution in [1.29, 1.82) is 0 Å². The van der Waals surface area contributed by atoms with E-state index in [0.29, 0.717) is 17.6 Å². The number of hydrogen-bond donors (Lipinski definition) is 0. The van der Waals surface area contributed by atoms with Crippen molar-refractivity contribution in [3.8, 4) is 0 Å². The van der Waals surface area contributed by atoms with E-state index in [9.17, 15) is 9.00 Å². The van der Waals surface area contributed by atoms with Gasteiger partial charge in [-0.25, -0.2) is 0 Å². The normalized spacial score (nSPS) is 21.1. The van der Waals surface area contributed by atoms with Gasteiger partial charge in [0.05, 0.1) is 10.8 Å². The Labute approximate surface area is 147 Å². The molecule has 0 radical (unpaired) electrons. The van der Waals surface area contributed by atoms with Crippen molar-refractivity contribution in [2.45, 2.75) is 37.0 Å². The summed E-state index contributed by atoms with van der Waals surface area (Å²) in [5, 5.41) is 0. The number of carbonyl (C=O) groups excluding carboxylic acids is 1. The fraction of sp³-hybridized carbons (Fsp3) is 0.632. The molecule has 1 atom stereocenters. The number of nitrogens with zero attached hydrogens (tertiary/aromatic N) is 2. The fourth-order valence-corrected chi connectivity index (χ4v) is 4.83. The molecule has 132 valence electrons. The molecule has 3 rings (SSSR count). The Morgan fingerprint density at radius 2 is 1.71 bits per heavy atom. The van der Waals surface area contributed by atoms with Gasteiger partial charge in [-0.3, -0.25) is 13.9 Å². The van der Waals surface area contributed by atoms with Gasteiger partial charge in [-0.05, 0) is 30.9 Å². The maximum Gasteiger partial charge on any atom is 0.222 e. The Morgan fingerprint density at radius 3 is 2.38 bits per heavy atom. The zero-order valence-corrected chi connectivity index (χ0v) is 15.2. The number of hydrogen-bond acceptors (Lipinski definition) is 3. The van der Waals surface area contributed by atoms with Gasteiger partial charge in [0.1, 0.15) is 0 Å². The minimum Gasteiger partial charge on any atom is -0.340 e. The molecule has 0 unspecified atom stereocenters. The van der Waals surface area contributed by atoms with Gasteiger partial charge in [0.2, 0.25) is 5.91 Å². The maximum atomic E-state index is 12.4. The number of rotatable bonds is 6. The molecule has 0 bridgehead atoms. The molecular formula is C19H28N2O2S. The quantitative estimate of drug-likeness (QED) is 0.793. The topological polar surface area (TPSA) is 40.6 Å². The van der Waals surface area contributed by atoms with E-state index in [0.717, 1.165) is 44.0 Å². The number of carbonyl (C=O) groups is 1. The predicted octanol–water partition coefficient (Wildman–Crippen LogP) is 2.52. The molecule has 24 heavy (non-hydrogen) atoms. The highest BCUT2D eigenvalue weighted by Gasteiger charge is 2.25. The highest BCUT2D eigenvalue weighted by atomic mass is 32.2. The molecule has 0 aromatic heterocycles. The van der Waals surface area contributed by atoms with Gasteiger partial charge in [-0.1, -0.05) is 31.0 Å². The number of piperazine rings is 1. The summed E-state index contributed by atoms with van der Waals surface area (Å²) < 4.78 is 12.3.